The van der Waals surface area contributed by atoms with E-state index in [2.05, 4.69) is 61.0 Å². The van der Waals surface area contributed by atoms with Crippen molar-refractivity contribution in [3.63, 3.8) is 0 Å². The molecule has 0 bridgehead atoms. The van der Waals surface area contributed by atoms with Crippen LogP contribution in [-0.2, 0) is 16.4 Å². The third kappa shape index (κ3) is 4.93. The van der Waals surface area contributed by atoms with E-state index in [1.165, 1.54) is 16.9 Å². The number of nitrogens with zero attached hydrogens (tertiary/aromatic N) is 2. The van der Waals surface area contributed by atoms with Gasteiger partial charge >= 0.3 is 0 Å². The number of aryl methyl sites for hydroxylation is 1. The summed E-state index contributed by atoms with van der Waals surface area (Å²) in [6, 6.07) is 12.2. The molecule has 8 heteroatoms. The van der Waals surface area contributed by atoms with Crippen LogP contribution in [0.4, 0.5) is 0 Å². The van der Waals surface area contributed by atoms with E-state index in [4.69, 9.17) is 0 Å². The zero-order valence-electron chi connectivity index (χ0n) is 13.7. The highest BCUT2D eigenvalue weighted by Gasteiger charge is 2.30. The van der Waals surface area contributed by atoms with Crippen molar-refractivity contribution in [1.82, 2.24) is 9.21 Å². The highest BCUT2D eigenvalue weighted by molar-refractivity contribution is 9.13. The zero-order chi connectivity index (χ0) is 17.9. The highest BCUT2D eigenvalue weighted by Crippen LogP contribution is 2.36. The van der Waals surface area contributed by atoms with Crippen molar-refractivity contribution in [3.05, 3.63) is 50.2 Å². The minimum Gasteiger partial charge on any atom is -0.301 e. The summed E-state index contributed by atoms with van der Waals surface area (Å²) < 4.78 is 29.1. The molecule has 136 valence electrons. The van der Waals surface area contributed by atoms with E-state index >= 15 is 0 Å². The average Bonchev–Trinajstić information content (AvgIpc) is 2.96. The van der Waals surface area contributed by atoms with Gasteiger partial charge in [0.05, 0.1) is 3.79 Å². The normalized spacial score (nSPS) is 17.0. The Morgan fingerprint density at radius 3 is 2.32 bits per heavy atom. The molecule has 0 amide bonds. The van der Waals surface area contributed by atoms with Crippen LogP contribution < -0.4 is 0 Å². The number of benzene rings is 1. The van der Waals surface area contributed by atoms with Gasteiger partial charge in [0.2, 0.25) is 0 Å². The maximum absolute atomic E-state index is 12.7. The molecule has 4 nitrogen and oxygen atoms in total. The predicted molar refractivity (Wildman–Crippen MR) is 110 cm³/mol. The lowest BCUT2D eigenvalue weighted by Crippen LogP contribution is -2.48. The van der Waals surface area contributed by atoms with E-state index in [1.54, 1.807) is 10.4 Å². The summed E-state index contributed by atoms with van der Waals surface area (Å²) >= 11 is 7.99. The molecule has 0 N–H and O–H groups in total. The molecule has 1 aromatic carbocycles. The molecule has 1 fully saturated rings. The van der Waals surface area contributed by atoms with Gasteiger partial charge < -0.3 is 4.90 Å². The van der Waals surface area contributed by atoms with Crippen LogP contribution >= 0.6 is 43.2 Å². The maximum Gasteiger partial charge on any atom is 0.252 e. The van der Waals surface area contributed by atoms with E-state index < -0.39 is 10.0 Å². The molecule has 0 aliphatic carbocycles. The lowest BCUT2D eigenvalue weighted by atomic mass is 10.1. The fourth-order valence-electron chi connectivity index (χ4n) is 2.93. The number of halogens is 2. The Labute approximate surface area is 170 Å². The fraction of sp³-hybridized carbons (Fsp3) is 0.412. The molecule has 0 atom stereocenters. The molecule has 3 rings (SSSR count). The Morgan fingerprint density at radius 2 is 1.72 bits per heavy atom. The summed E-state index contributed by atoms with van der Waals surface area (Å²) in [7, 11) is -3.39. The van der Waals surface area contributed by atoms with Gasteiger partial charge in [0.1, 0.15) is 4.21 Å². The molecule has 0 saturated carbocycles. The van der Waals surface area contributed by atoms with Crippen LogP contribution in [0.25, 0.3) is 0 Å². The van der Waals surface area contributed by atoms with Crippen molar-refractivity contribution in [1.29, 1.82) is 0 Å². The van der Waals surface area contributed by atoms with Gasteiger partial charge in [0.25, 0.3) is 10.0 Å². The second kappa shape index (κ2) is 8.63. The first-order chi connectivity index (χ1) is 12.0. The molecule has 1 aliphatic rings. The lowest BCUT2D eigenvalue weighted by molar-refractivity contribution is 0.187. The van der Waals surface area contributed by atoms with Crippen molar-refractivity contribution in [2.24, 2.45) is 0 Å². The summed E-state index contributed by atoms with van der Waals surface area (Å²) in [5.74, 6) is 0. The summed E-state index contributed by atoms with van der Waals surface area (Å²) in [6.07, 6.45) is 2.16. The first-order valence-electron chi connectivity index (χ1n) is 8.18. The average molecular weight is 508 g/mol. The number of rotatable bonds is 6. The number of hydrogen-bond acceptors (Lipinski definition) is 4. The minimum atomic E-state index is -3.39. The molecule has 25 heavy (non-hydrogen) atoms. The molecular weight excluding hydrogens is 488 g/mol. The monoisotopic (exact) mass is 506 g/mol. The quantitative estimate of drug-likeness (QED) is 0.588. The summed E-state index contributed by atoms with van der Waals surface area (Å²) in [6.45, 7) is 3.71. The molecule has 1 aliphatic heterocycles. The first kappa shape index (κ1) is 19.5. The van der Waals surface area contributed by atoms with Crippen molar-refractivity contribution >= 4 is 53.2 Å². The van der Waals surface area contributed by atoms with Gasteiger partial charge in [-0.15, -0.1) is 11.3 Å². The van der Waals surface area contributed by atoms with Crippen molar-refractivity contribution in [3.8, 4) is 0 Å². The Hall–Kier alpha value is -0.250. The molecular formula is C17H20Br2N2O2S2. The smallest absolute Gasteiger partial charge is 0.252 e. The van der Waals surface area contributed by atoms with Crippen LogP contribution in [-0.4, -0.2) is 50.3 Å². The molecule has 1 saturated heterocycles. The van der Waals surface area contributed by atoms with Crippen LogP contribution in [0.15, 0.2) is 48.9 Å². The molecule has 2 heterocycles. The SMILES string of the molecule is O=S(=O)(c1cc(Br)c(Br)s1)N1CCN(CCCc2ccccc2)CC1. The third-order valence-corrected chi connectivity index (χ3v) is 9.93. The Balaban J connectivity index is 1.49. The van der Waals surface area contributed by atoms with Crippen molar-refractivity contribution in [2.75, 3.05) is 32.7 Å². The topological polar surface area (TPSA) is 40.6 Å². The fourth-order valence-corrected chi connectivity index (χ4v) is 7.32. The Kier molecular flexibility index (Phi) is 6.73. The zero-order valence-corrected chi connectivity index (χ0v) is 18.5. The summed E-state index contributed by atoms with van der Waals surface area (Å²) in [4.78, 5) is 2.36. The van der Waals surface area contributed by atoms with E-state index in [1.807, 2.05) is 6.07 Å². The molecule has 2 aromatic rings. The number of thiophene rings is 1. The number of hydrogen-bond donors (Lipinski definition) is 0. The lowest BCUT2D eigenvalue weighted by Gasteiger charge is -2.33. The summed E-state index contributed by atoms with van der Waals surface area (Å²) in [5, 5.41) is 0. The molecule has 1 aromatic heterocycles. The maximum atomic E-state index is 12.7. The van der Waals surface area contributed by atoms with Gasteiger partial charge in [-0.05, 0) is 62.9 Å². The van der Waals surface area contributed by atoms with Gasteiger partial charge in [0, 0.05) is 30.7 Å². The van der Waals surface area contributed by atoms with Crippen LogP contribution in [0, 0.1) is 0 Å². The highest BCUT2D eigenvalue weighted by atomic mass is 79.9. The van der Waals surface area contributed by atoms with Crippen LogP contribution in [0.1, 0.15) is 12.0 Å². The first-order valence-corrected chi connectivity index (χ1v) is 12.0. The second-order valence-corrected chi connectivity index (χ2v) is 11.4. The van der Waals surface area contributed by atoms with E-state index in [9.17, 15) is 8.42 Å². The second-order valence-electron chi connectivity index (χ2n) is 6.02. The molecule has 0 unspecified atom stereocenters. The Bertz CT molecular complexity index is 782. The molecule has 0 radical (unpaired) electrons. The van der Waals surface area contributed by atoms with Crippen molar-refractivity contribution in [2.45, 2.75) is 17.1 Å². The van der Waals surface area contributed by atoms with E-state index in [-0.39, 0.29) is 0 Å². The van der Waals surface area contributed by atoms with Crippen LogP contribution in [0.5, 0.6) is 0 Å². The van der Waals surface area contributed by atoms with Gasteiger partial charge in [0.15, 0.2) is 0 Å². The van der Waals surface area contributed by atoms with E-state index in [0.29, 0.717) is 17.3 Å². The van der Waals surface area contributed by atoms with Gasteiger partial charge in [-0.2, -0.15) is 4.31 Å². The largest absolute Gasteiger partial charge is 0.301 e. The number of piperazine rings is 1. The van der Waals surface area contributed by atoms with Gasteiger partial charge in [-0.1, -0.05) is 30.3 Å². The summed E-state index contributed by atoms with van der Waals surface area (Å²) in [5.41, 5.74) is 1.36. The van der Waals surface area contributed by atoms with E-state index in [0.717, 1.165) is 40.7 Å². The minimum absolute atomic E-state index is 0.392. The van der Waals surface area contributed by atoms with Crippen molar-refractivity contribution < 1.29 is 8.42 Å². The van der Waals surface area contributed by atoms with Crippen LogP contribution in [0.2, 0.25) is 0 Å². The third-order valence-electron chi connectivity index (χ3n) is 4.33. The van der Waals surface area contributed by atoms with Gasteiger partial charge in [-0.3, -0.25) is 0 Å². The Morgan fingerprint density at radius 1 is 1.04 bits per heavy atom. The predicted octanol–water partition coefficient (Wildman–Crippen LogP) is 4.21. The molecule has 0 spiro atoms. The number of sulfonamides is 1. The van der Waals surface area contributed by atoms with Crippen LogP contribution in [0.3, 0.4) is 0 Å². The van der Waals surface area contributed by atoms with Gasteiger partial charge in [-0.25, -0.2) is 8.42 Å². The standard InChI is InChI=1S/C17H20Br2N2O2S2/c18-15-13-16(24-17(15)19)25(22,23)21-11-9-20(10-12-21)8-4-7-14-5-2-1-3-6-14/h1-3,5-6,13H,4,7-12H2.